The maximum atomic E-state index is 11.4. The third kappa shape index (κ3) is 17.0. The summed E-state index contributed by atoms with van der Waals surface area (Å²) in [5.74, 6) is -0.291. The first-order valence-electron chi connectivity index (χ1n) is 7.40. The number of ketones is 1. The third-order valence-corrected chi connectivity index (χ3v) is 2.90. The van der Waals surface area contributed by atoms with Crippen molar-refractivity contribution in [2.24, 2.45) is 0 Å². The van der Waals surface area contributed by atoms with Gasteiger partial charge in [-0.05, 0) is 19.0 Å². The second-order valence-electron chi connectivity index (χ2n) is 4.56. The van der Waals surface area contributed by atoms with E-state index in [-0.39, 0.29) is 30.8 Å². The van der Waals surface area contributed by atoms with Crippen LogP contribution in [0, 0.1) is 0 Å². The minimum atomic E-state index is -0.250. The zero-order chi connectivity index (χ0) is 17.3. The van der Waals surface area contributed by atoms with Gasteiger partial charge in [0.1, 0.15) is 12.4 Å². The first-order chi connectivity index (χ1) is 11.1. The molecule has 0 aliphatic carbocycles. The summed E-state index contributed by atoms with van der Waals surface area (Å²) in [4.78, 5) is 33.4. The molecule has 23 heavy (non-hydrogen) atoms. The number of carbonyl (C=O) groups excluding carboxylic acids is 3. The van der Waals surface area contributed by atoms with E-state index >= 15 is 0 Å². The Labute approximate surface area is 141 Å². The SMILES string of the molecule is CSOCCC(=O)NCCOCC(=O)NCCOCCC(C)=O. The number of nitrogens with one attached hydrogen (secondary N) is 2. The average Bonchev–Trinajstić information content (AvgIpc) is 2.50. The van der Waals surface area contributed by atoms with E-state index in [0.717, 1.165) is 0 Å². The summed E-state index contributed by atoms with van der Waals surface area (Å²) in [7, 11) is 0. The van der Waals surface area contributed by atoms with Crippen molar-refractivity contribution in [2.45, 2.75) is 19.8 Å². The van der Waals surface area contributed by atoms with Crippen molar-refractivity contribution in [3.05, 3.63) is 0 Å². The van der Waals surface area contributed by atoms with Gasteiger partial charge in [0.05, 0.1) is 32.8 Å². The molecule has 0 bridgehead atoms. The number of rotatable bonds is 15. The van der Waals surface area contributed by atoms with Gasteiger partial charge in [-0.2, -0.15) is 0 Å². The summed E-state index contributed by atoms with van der Waals surface area (Å²) >= 11 is 1.22. The Kier molecular flexibility index (Phi) is 14.9. The van der Waals surface area contributed by atoms with Gasteiger partial charge in [-0.15, -0.1) is 0 Å². The van der Waals surface area contributed by atoms with E-state index in [9.17, 15) is 14.4 Å². The molecule has 0 saturated carbocycles. The molecule has 2 N–H and O–H groups in total. The van der Waals surface area contributed by atoms with E-state index in [4.69, 9.17) is 13.7 Å². The van der Waals surface area contributed by atoms with Crippen molar-refractivity contribution in [3.8, 4) is 0 Å². The van der Waals surface area contributed by atoms with Gasteiger partial charge in [-0.25, -0.2) is 0 Å². The molecule has 0 aromatic rings. The van der Waals surface area contributed by atoms with Crippen LogP contribution in [0.15, 0.2) is 0 Å². The molecule has 0 aromatic carbocycles. The van der Waals surface area contributed by atoms with Gasteiger partial charge in [0.25, 0.3) is 0 Å². The van der Waals surface area contributed by atoms with Crippen molar-refractivity contribution in [1.82, 2.24) is 10.6 Å². The molecular weight excluding hydrogens is 324 g/mol. The molecule has 9 heteroatoms. The highest BCUT2D eigenvalue weighted by Gasteiger charge is 2.03. The number of Topliss-reactive ketones (excluding diaryl/α,β-unsaturated/α-hetero) is 1. The smallest absolute Gasteiger partial charge is 0.246 e. The van der Waals surface area contributed by atoms with Crippen LogP contribution in [0.1, 0.15) is 19.8 Å². The predicted molar refractivity (Wildman–Crippen MR) is 87.0 cm³/mol. The second kappa shape index (κ2) is 15.7. The Bertz CT molecular complexity index is 354. The molecule has 0 atom stereocenters. The number of amides is 2. The van der Waals surface area contributed by atoms with Crippen LogP contribution in [0.3, 0.4) is 0 Å². The zero-order valence-corrected chi connectivity index (χ0v) is 14.5. The average molecular weight is 350 g/mol. The lowest BCUT2D eigenvalue weighted by atomic mass is 10.3. The van der Waals surface area contributed by atoms with Gasteiger partial charge < -0.3 is 24.3 Å². The van der Waals surface area contributed by atoms with Gasteiger partial charge >= 0.3 is 0 Å². The lowest BCUT2D eigenvalue weighted by molar-refractivity contribution is -0.126. The Morgan fingerprint density at radius 3 is 2.17 bits per heavy atom. The van der Waals surface area contributed by atoms with Crippen molar-refractivity contribution in [3.63, 3.8) is 0 Å². The van der Waals surface area contributed by atoms with Crippen LogP contribution in [-0.4, -0.2) is 70.0 Å². The summed E-state index contributed by atoms with van der Waals surface area (Å²) in [6.45, 7) is 3.49. The van der Waals surface area contributed by atoms with Gasteiger partial charge in [0.15, 0.2) is 0 Å². The van der Waals surface area contributed by atoms with Crippen LogP contribution >= 0.6 is 12.0 Å². The quantitative estimate of drug-likeness (QED) is 0.314. The lowest BCUT2D eigenvalue weighted by Crippen LogP contribution is -2.32. The van der Waals surface area contributed by atoms with Crippen molar-refractivity contribution in [1.29, 1.82) is 0 Å². The molecule has 0 radical (unpaired) electrons. The van der Waals surface area contributed by atoms with Crippen LogP contribution in [0.2, 0.25) is 0 Å². The molecule has 0 aliphatic heterocycles. The molecule has 0 saturated heterocycles. The van der Waals surface area contributed by atoms with Crippen molar-refractivity contribution in [2.75, 3.05) is 52.4 Å². The van der Waals surface area contributed by atoms with E-state index in [0.29, 0.717) is 45.8 Å². The first kappa shape index (κ1) is 21.8. The Morgan fingerprint density at radius 1 is 0.870 bits per heavy atom. The maximum absolute atomic E-state index is 11.4. The van der Waals surface area contributed by atoms with E-state index in [1.165, 1.54) is 19.0 Å². The number of hydrogen-bond donors (Lipinski definition) is 2. The van der Waals surface area contributed by atoms with Gasteiger partial charge in [0.2, 0.25) is 11.8 Å². The fourth-order valence-electron chi connectivity index (χ4n) is 1.37. The normalized spacial score (nSPS) is 10.3. The molecule has 8 nitrogen and oxygen atoms in total. The molecule has 0 rings (SSSR count). The predicted octanol–water partition coefficient (Wildman–Crippen LogP) is -0.0842. The van der Waals surface area contributed by atoms with Crippen LogP contribution in [0.5, 0.6) is 0 Å². The highest BCUT2D eigenvalue weighted by Crippen LogP contribution is 1.95. The summed E-state index contributed by atoms with van der Waals surface area (Å²) in [6, 6.07) is 0. The van der Waals surface area contributed by atoms with Crippen LogP contribution in [-0.2, 0) is 28.0 Å². The standard InChI is InChI=1S/C14H26N2O6S/c1-12(17)3-7-20-9-5-16-14(19)11-21-10-6-15-13(18)4-8-22-23-2/h3-11H2,1-2H3,(H,15,18)(H,16,19). The minimum absolute atomic E-state index is 0.0705. The summed E-state index contributed by atoms with van der Waals surface area (Å²) in [5, 5.41) is 5.28. The minimum Gasteiger partial charge on any atom is -0.379 e. The van der Waals surface area contributed by atoms with Crippen LogP contribution < -0.4 is 10.6 Å². The number of hydrogen-bond acceptors (Lipinski definition) is 7. The van der Waals surface area contributed by atoms with Crippen LogP contribution in [0.4, 0.5) is 0 Å². The molecule has 0 unspecified atom stereocenters. The number of carbonyl (C=O) groups is 3. The summed E-state index contributed by atoms with van der Waals surface area (Å²) < 4.78 is 15.3. The van der Waals surface area contributed by atoms with Crippen molar-refractivity contribution < 1.29 is 28.0 Å². The molecule has 0 fully saturated rings. The summed E-state index contributed by atoms with van der Waals surface area (Å²) in [5.41, 5.74) is 0. The van der Waals surface area contributed by atoms with E-state index in [1.54, 1.807) is 6.26 Å². The molecule has 0 aromatic heterocycles. The second-order valence-corrected chi connectivity index (χ2v) is 5.12. The van der Waals surface area contributed by atoms with Gasteiger partial charge in [0, 0.05) is 25.8 Å². The zero-order valence-electron chi connectivity index (χ0n) is 13.7. The van der Waals surface area contributed by atoms with E-state index < -0.39 is 0 Å². The molecule has 0 heterocycles. The third-order valence-electron chi connectivity index (χ3n) is 2.50. The monoisotopic (exact) mass is 350 g/mol. The molecule has 2 amide bonds. The molecule has 134 valence electrons. The van der Waals surface area contributed by atoms with Crippen LogP contribution in [0.25, 0.3) is 0 Å². The largest absolute Gasteiger partial charge is 0.379 e. The molecular formula is C14H26N2O6S. The maximum Gasteiger partial charge on any atom is 0.246 e. The lowest BCUT2D eigenvalue weighted by Gasteiger charge is -2.08. The summed E-state index contributed by atoms with van der Waals surface area (Å²) in [6.07, 6.45) is 2.46. The van der Waals surface area contributed by atoms with Gasteiger partial charge in [-0.3, -0.25) is 14.4 Å². The first-order valence-corrected chi connectivity index (χ1v) is 8.55. The molecule has 0 spiro atoms. The Hall–Kier alpha value is -1.16. The Morgan fingerprint density at radius 2 is 1.52 bits per heavy atom. The fourth-order valence-corrected chi connectivity index (χ4v) is 1.62. The van der Waals surface area contributed by atoms with E-state index in [2.05, 4.69) is 10.6 Å². The highest BCUT2D eigenvalue weighted by atomic mass is 32.2. The number of ether oxygens (including phenoxy) is 2. The van der Waals surface area contributed by atoms with Crippen molar-refractivity contribution >= 4 is 29.6 Å². The van der Waals surface area contributed by atoms with Gasteiger partial charge in [-0.1, -0.05) is 0 Å². The fraction of sp³-hybridized carbons (Fsp3) is 0.786. The molecule has 0 aliphatic rings. The topological polar surface area (TPSA) is 103 Å². The highest BCUT2D eigenvalue weighted by molar-refractivity contribution is 7.93. The Balaban J connectivity index is 3.33. The van der Waals surface area contributed by atoms with E-state index in [1.807, 2.05) is 0 Å².